The van der Waals surface area contributed by atoms with Crippen molar-refractivity contribution in [2.75, 3.05) is 25.4 Å². The van der Waals surface area contributed by atoms with Crippen LogP contribution in [0.15, 0.2) is 24.7 Å². The zero-order chi connectivity index (χ0) is 17.4. The van der Waals surface area contributed by atoms with Gasteiger partial charge in [-0.05, 0) is 32.4 Å². The first-order chi connectivity index (χ1) is 12.2. The van der Waals surface area contributed by atoms with Crippen LogP contribution in [-0.4, -0.2) is 48.9 Å². The molecule has 132 valence electrons. The van der Waals surface area contributed by atoms with E-state index in [9.17, 15) is 0 Å². The molecule has 1 saturated heterocycles. The lowest BCUT2D eigenvalue weighted by Crippen LogP contribution is -2.35. The summed E-state index contributed by atoms with van der Waals surface area (Å²) in [5.41, 5.74) is 10.2. The number of nitrogens with zero attached hydrogens (tertiary/aromatic N) is 6. The number of nitrogens with two attached hydrogens (primary N) is 1. The molecule has 1 fully saturated rings. The predicted octanol–water partition coefficient (Wildman–Crippen LogP) is 2.30. The molecule has 7 nitrogen and oxygen atoms in total. The van der Waals surface area contributed by atoms with Crippen molar-refractivity contribution in [1.82, 2.24) is 29.3 Å². The third kappa shape index (κ3) is 3.00. The highest BCUT2D eigenvalue weighted by atomic mass is 15.3. The molecule has 0 bridgehead atoms. The Kier molecular flexibility index (Phi) is 4.17. The van der Waals surface area contributed by atoms with Gasteiger partial charge in [-0.2, -0.15) is 14.7 Å². The van der Waals surface area contributed by atoms with E-state index in [1.54, 1.807) is 9.20 Å². The minimum Gasteiger partial charge on any atom is -0.384 e. The molecular formula is C18H25N7. The van der Waals surface area contributed by atoms with E-state index in [4.69, 9.17) is 10.7 Å². The van der Waals surface area contributed by atoms with Crippen LogP contribution in [0.2, 0.25) is 0 Å². The molecule has 0 spiro atoms. The minimum absolute atomic E-state index is 0.434. The number of fused-ring (bicyclic) bond motifs is 1. The van der Waals surface area contributed by atoms with E-state index in [1.807, 2.05) is 31.7 Å². The average Bonchev–Trinajstić information content (AvgIpc) is 3.21. The lowest BCUT2D eigenvalue weighted by Gasteiger charge is -2.32. The molecule has 0 aliphatic carbocycles. The Morgan fingerprint density at radius 2 is 2.16 bits per heavy atom. The van der Waals surface area contributed by atoms with Gasteiger partial charge in [-0.15, -0.1) is 0 Å². The van der Waals surface area contributed by atoms with E-state index < -0.39 is 0 Å². The fourth-order valence-electron chi connectivity index (χ4n) is 3.80. The lowest BCUT2D eigenvalue weighted by molar-refractivity contribution is 0.206. The second-order valence-corrected chi connectivity index (χ2v) is 6.94. The van der Waals surface area contributed by atoms with Crippen LogP contribution in [-0.2, 0) is 7.05 Å². The Hall–Kier alpha value is -2.41. The van der Waals surface area contributed by atoms with Gasteiger partial charge in [0.25, 0.3) is 0 Å². The maximum absolute atomic E-state index is 6.28. The zero-order valence-electron chi connectivity index (χ0n) is 14.9. The van der Waals surface area contributed by atoms with Gasteiger partial charge in [0.15, 0.2) is 5.65 Å². The number of hydrogen-bond acceptors (Lipinski definition) is 5. The summed E-state index contributed by atoms with van der Waals surface area (Å²) in [6, 6.07) is 1.99. The molecule has 0 radical (unpaired) electrons. The van der Waals surface area contributed by atoms with Crippen LogP contribution >= 0.6 is 0 Å². The van der Waals surface area contributed by atoms with E-state index in [-0.39, 0.29) is 0 Å². The monoisotopic (exact) mass is 339 g/mol. The Bertz CT molecular complexity index is 877. The van der Waals surface area contributed by atoms with Gasteiger partial charge in [0.05, 0.1) is 18.1 Å². The molecule has 1 aliphatic rings. The van der Waals surface area contributed by atoms with Crippen LogP contribution in [0.4, 0.5) is 5.82 Å². The van der Waals surface area contributed by atoms with Crippen LogP contribution in [0, 0.1) is 0 Å². The molecule has 1 unspecified atom stereocenters. The van der Waals surface area contributed by atoms with Gasteiger partial charge in [-0.1, -0.05) is 6.92 Å². The Balaban J connectivity index is 1.73. The molecule has 7 heteroatoms. The fourth-order valence-corrected chi connectivity index (χ4v) is 3.80. The second kappa shape index (κ2) is 6.48. The van der Waals surface area contributed by atoms with Crippen molar-refractivity contribution >= 4 is 11.5 Å². The number of rotatable bonds is 4. The largest absolute Gasteiger partial charge is 0.384 e. The normalized spacial score (nSPS) is 18.9. The molecule has 4 rings (SSSR count). The summed E-state index contributed by atoms with van der Waals surface area (Å²) >= 11 is 0. The van der Waals surface area contributed by atoms with Gasteiger partial charge >= 0.3 is 0 Å². The van der Waals surface area contributed by atoms with Crippen molar-refractivity contribution in [3.8, 4) is 11.1 Å². The van der Waals surface area contributed by atoms with E-state index in [0.29, 0.717) is 11.7 Å². The van der Waals surface area contributed by atoms with Gasteiger partial charge in [0.1, 0.15) is 5.82 Å². The Labute approximate surface area is 147 Å². The SMILES string of the molecule is CCCN1CCCC(c2cc(N)n3ncc(-c4cnn(C)c4)c3n2)C1. The van der Waals surface area contributed by atoms with E-state index in [0.717, 1.165) is 35.6 Å². The van der Waals surface area contributed by atoms with Crippen molar-refractivity contribution < 1.29 is 0 Å². The standard InChI is InChI=1S/C18H25N7/c1-3-6-24-7-4-5-13(12-24)16-8-17(19)25-18(22-16)15(10-21-25)14-9-20-23(2)11-14/h8-11,13H,3-7,12,19H2,1-2H3. The smallest absolute Gasteiger partial charge is 0.165 e. The number of piperidine rings is 1. The van der Waals surface area contributed by atoms with Crippen molar-refractivity contribution in [3.05, 3.63) is 30.4 Å². The first kappa shape index (κ1) is 16.1. The minimum atomic E-state index is 0.434. The second-order valence-electron chi connectivity index (χ2n) is 6.94. The van der Waals surface area contributed by atoms with Crippen LogP contribution < -0.4 is 5.73 Å². The highest BCUT2D eigenvalue weighted by Crippen LogP contribution is 2.30. The number of nitrogen functional groups attached to an aromatic ring is 1. The number of likely N-dealkylation sites (tertiary alicyclic amines) is 1. The van der Waals surface area contributed by atoms with Gasteiger partial charge < -0.3 is 10.6 Å². The first-order valence-corrected chi connectivity index (χ1v) is 9.01. The van der Waals surface area contributed by atoms with Crippen molar-refractivity contribution in [1.29, 1.82) is 0 Å². The van der Waals surface area contributed by atoms with Gasteiger partial charge in [0, 0.05) is 42.9 Å². The third-order valence-electron chi connectivity index (χ3n) is 5.00. The number of aromatic nitrogens is 5. The molecule has 1 atom stereocenters. The van der Waals surface area contributed by atoms with Crippen molar-refractivity contribution in [3.63, 3.8) is 0 Å². The van der Waals surface area contributed by atoms with Gasteiger partial charge in [0.2, 0.25) is 0 Å². The summed E-state index contributed by atoms with van der Waals surface area (Å²) in [6.07, 6.45) is 9.21. The topological polar surface area (TPSA) is 77.3 Å². The molecule has 0 aromatic carbocycles. The molecular weight excluding hydrogens is 314 g/mol. The number of hydrogen-bond donors (Lipinski definition) is 1. The van der Waals surface area contributed by atoms with E-state index >= 15 is 0 Å². The van der Waals surface area contributed by atoms with Crippen LogP contribution in [0.1, 0.15) is 37.8 Å². The lowest BCUT2D eigenvalue weighted by atomic mass is 9.94. The molecule has 25 heavy (non-hydrogen) atoms. The molecule has 0 saturated carbocycles. The van der Waals surface area contributed by atoms with E-state index in [1.165, 1.54) is 25.8 Å². The summed E-state index contributed by atoms with van der Waals surface area (Å²) in [4.78, 5) is 7.49. The van der Waals surface area contributed by atoms with E-state index in [2.05, 4.69) is 22.0 Å². The van der Waals surface area contributed by atoms with Crippen LogP contribution in [0.5, 0.6) is 0 Å². The summed E-state index contributed by atoms with van der Waals surface area (Å²) in [6.45, 7) is 5.64. The van der Waals surface area contributed by atoms with Crippen LogP contribution in [0.25, 0.3) is 16.8 Å². The summed E-state index contributed by atoms with van der Waals surface area (Å²) < 4.78 is 3.51. The molecule has 2 N–H and O–H groups in total. The maximum atomic E-state index is 6.28. The Morgan fingerprint density at radius 1 is 1.28 bits per heavy atom. The molecule has 4 heterocycles. The molecule has 1 aliphatic heterocycles. The first-order valence-electron chi connectivity index (χ1n) is 9.01. The molecule has 3 aromatic rings. The highest BCUT2D eigenvalue weighted by Gasteiger charge is 2.23. The maximum Gasteiger partial charge on any atom is 0.165 e. The number of aryl methyl sites for hydroxylation is 1. The van der Waals surface area contributed by atoms with Crippen LogP contribution in [0.3, 0.4) is 0 Å². The Morgan fingerprint density at radius 3 is 2.92 bits per heavy atom. The van der Waals surface area contributed by atoms with Gasteiger partial charge in [-0.3, -0.25) is 4.68 Å². The predicted molar refractivity (Wildman–Crippen MR) is 98.3 cm³/mol. The van der Waals surface area contributed by atoms with Crippen molar-refractivity contribution in [2.24, 2.45) is 7.05 Å². The fraction of sp³-hybridized carbons (Fsp3) is 0.500. The van der Waals surface area contributed by atoms with Crippen molar-refractivity contribution in [2.45, 2.75) is 32.1 Å². The highest BCUT2D eigenvalue weighted by molar-refractivity contribution is 5.77. The summed E-state index contributed by atoms with van der Waals surface area (Å²) in [5.74, 6) is 1.08. The zero-order valence-corrected chi connectivity index (χ0v) is 14.9. The van der Waals surface area contributed by atoms with Gasteiger partial charge in [-0.25, -0.2) is 4.98 Å². The molecule has 0 amide bonds. The third-order valence-corrected chi connectivity index (χ3v) is 5.00. The quantitative estimate of drug-likeness (QED) is 0.789. The summed E-state index contributed by atoms with van der Waals surface area (Å²) in [5, 5.41) is 8.67. The average molecular weight is 339 g/mol. The summed E-state index contributed by atoms with van der Waals surface area (Å²) in [7, 11) is 1.91. The number of anilines is 1. The molecule has 3 aromatic heterocycles.